The lowest BCUT2D eigenvalue weighted by atomic mass is 10.2. The van der Waals surface area contributed by atoms with Crippen molar-refractivity contribution in [2.75, 3.05) is 0 Å². The third-order valence-corrected chi connectivity index (χ3v) is 2.88. The predicted octanol–water partition coefficient (Wildman–Crippen LogP) is 2.73. The molecule has 72 valence electrons. The van der Waals surface area contributed by atoms with Gasteiger partial charge in [-0.25, -0.2) is 4.79 Å². The molecule has 3 nitrogen and oxygen atoms in total. The third-order valence-electron chi connectivity index (χ3n) is 2.15. The summed E-state index contributed by atoms with van der Waals surface area (Å²) in [5, 5.41) is 9.78. The van der Waals surface area contributed by atoms with Crippen LogP contribution in [0.15, 0.2) is 30.5 Å². The number of aromatic nitrogens is 1. The molecule has 2 aromatic rings. The van der Waals surface area contributed by atoms with Crippen molar-refractivity contribution >= 4 is 39.5 Å². The number of benzene rings is 1. The van der Waals surface area contributed by atoms with Crippen LogP contribution in [0, 0.1) is 0 Å². The number of alkyl halides is 1. The molecule has 0 aliphatic carbocycles. The smallest absolute Gasteiger partial charge is 0.337 e. The van der Waals surface area contributed by atoms with E-state index in [4.69, 9.17) is 5.11 Å². The van der Waals surface area contributed by atoms with E-state index in [1.807, 2.05) is 28.8 Å². The number of rotatable bonds is 2. The normalized spacial score (nSPS) is 10.6. The first-order valence-corrected chi connectivity index (χ1v) is 5.63. The molecule has 1 aromatic heterocycles. The summed E-state index contributed by atoms with van der Waals surface area (Å²) in [6, 6.07) is 7.53. The van der Waals surface area contributed by atoms with Crippen LogP contribution < -0.4 is 0 Å². The highest BCUT2D eigenvalue weighted by molar-refractivity contribution is 14.1. The van der Waals surface area contributed by atoms with Crippen LogP contribution in [-0.4, -0.2) is 15.6 Å². The summed E-state index contributed by atoms with van der Waals surface area (Å²) >= 11 is 2.21. The second kappa shape index (κ2) is 3.61. The standard InChI is InChI=1S/C10H8INO2/c11-6-12-5-8(10(13)14)7-3-1-2-4-9(7)12/h1-5H,6H2,(H,13,14). The van der Waals surface area contributed by atoms with Crippen LogP contribution in [0.3, 0.4) is 0 Å². The molecular weight excluding hydrogens is 293 g/mol. The zero-order valence-corrected chi connectivity index (χ0v) is 9.43. The summed E-state index contributed by atoms with van der Waals surface area (Å²) in [6.07, 6.45) is 1.68. The van der Waals surface area contributed by atoms with Gasteiger partial charge in [0.25, 0.3) is 0 Å². The fourth-order valence-corrected chi connectivity index (χ4v) is 2.08. The second-order valence-electron chi connectivity index (χ2n) is 2.95. The van der Waals surface area contributed by atoms with Crippen LogP contribution in [0.4, 0.5) is 0 Å². The average molecular weight is 301 g/mol. The summed E-state index contributed by atoms with van der Waals surface area (Å²) < 4.78 is 2.69. The van der Waals surface area contributed by atoms with Gasteiger partial charge in [-0.1, -0.05) is 40.8 Å². The Hall–Kier alpha value is -1.04. The summed E-state index contributed by atoms with van der Waals surface area (Å²) in [6.45, 7) is 0. The van der Waals surface area contributed by atoms with E-state index in [-0.39, 0.29) is 0 Å². The van der Waals surface area contributed by atoms with Crippen molar-refractivity contribution in [2.45, 2.75) is 4.55 Å². The van der Waals surface area contributed by atoms with Gasteiger partial charge in [-0.2, -0.15) is 0 Å². The van der Waals surface area contributed by atoms with Crippen LogP contribution in [0.5, 0.6) is 0 Å². The lowest BCUT2D eigenvalue weighted by molar-refractivity contribution is 0.0699. The molecule has 0 bridgehead atoms. The Morgan fingerprint density at radius 1 is 1.43 bits per heavy atom. The minimum Gasteiger partial charge on any atom is -0.478 e. The predicted molar refractivity (Wildman–Crippen MR) is 62.9 cm³/mol. The van der Waals surface area contributed by atoms with E-state index in [2.05, 4.69) is 22.6 Å². The number of nitrogens with zero attached hydrogens (tertiary/aromatic N) is 1. The maximum absolute atomic E-state index is 10.9. The molecule has 1 heterocycles. The molecule has 0 spiro atoms. The van der Waals surface area contributed by atoms with Crippen LogP contribution in [0.25, 0.3) is 10.9 Å². The molecule has 0 amide bonds. The number of para-hydroxylation sites is 1. The molecule has 0 atom stereocenters. The van der Waals surface area contributed by atoms with E-state index in [0.717, 1.165) is 15.5 Å². The SMILES string of the molecule is O=C(O)c1cn(CI)c2ccccc12. The van der Waals surface area contributed by atoms with Crippen molar-refractivity contribution in [2.24, 2.45) is 0 Å². The van der Waals surface area contributed by atoms with Crippen molar-refractivity contribution in [1.29, 1.82) is 0 Å². The van der Waals surface area contributed by atoms with Crippen LogP contribution in [0.1, 0.15) is 10.4 Å². The zero-order valence-electron chi connectivity index (χ0n) is 7.27. The van der Waals surface area contributed by atoms with Crippen LogP contribution in [-0.2, 0) is 4.55 Å². The number of hydrogen-bond donors (Lipinski definition) is 1. The molecule has 1 aromatic carbocycles. The quantitative estimate of drug-likeness (QED) is 0.684. The number of fused-ring (bicyclic) bond motifs is 1. The molecule has 0 unspecified atom stereocenters. The van der Waals surface area contributed by atoms with Gasteiger partial charge in [0.1, 0.15) is 0 Å². The lowest BCUT2D eigenvalue weighted by Crippen LogP contribution is -1.94. The monoisotopic (exact) mass is 301 g/mol. The van der Waals surface area contributed by atoms with Crippen LogP contribution in [0.2, 0.25) is 0 Å². The number of carbonyl (C=O) groups is 1. The maximum Gasteiger partial charge on any atom is 0.337 e. The zero-order chi connectivity index (χ0) is 10.1. The first kappa shape index (κ1) is 9.51. The van der Waals surface area contributed by atoms with E-state index >= 15 is 0 Å². The highest BCUT2D eigenvalue weighted by Gasteiger charge is 2.12. The van der Waals surface area contributed by atoms with E-state index in [0.29, 0.717) is 5.56 Å². The Bertz CT molecular complexity index is 490. The molecule has 0 radical (unpaired) electrons. The van der Waals surface area contributed by atoms with Crippen molar-refractivity contribution in [3.8, 4) is 0 Å². The average Bonchev–Trinajstić information content (AvgIpc) is 2.56. The largest absolute Gasteiger partial charge is 0.478 e. The Labute approximate surface area is 94.5 Å². The fraction of sp³-hybridized carbons (Fsp3) is 0.100. The fourth-order valence-electron chi connectivity index (χ4n) is 1.52. The number of aromatic carboxylic acids is 1. The van der Waals surface area contributed by atoms with Crippen molar-refractivity contribution in [3.05, 3.63) is 36.0 Å². The Kier molecular flexibility index (Phi) is 2.45. The Morgan fingerprint density at radius 2 is 2.14 bits per heavy atom. The first-order chi connectivity index (χ1) is 6.74. The molecule has 14 heavy (non-hydrogen) atoms. The minimum absolute atomic E-state index is 0.372. The number of halogens is 1. The van der Waals surface area contributed by atoms with Crippen molar-refractivity contribution in [3.63, 3.8) is 0 Å². The summed E-state index contributed by atoms with van der Waals surface area (Å²) in [5.74, 6) is -0.871. The van der Waals surface area contributed by atoms with Gasteiger partial charge in [-0.05, 0) is 6.07 Å². The molecule has 1 N–H and O–H groups in total. The molecule has 0 aliphatic rings. The lowest BCUT2D eigenvalue weighted by Gasteiger charge is -1.96. The molecular formula is C10H8INO2. The van der Waals surface area contributed by atoms with E-state index in [1.54, 1.807) is 6.20 Å². The topological polar surface area (TPSA) is 42.2 Å². The van der Waals surface area contributed by atoms with Gasteiger partial charge < -0.3 is 9.67 Å². The van der Waals surface area contributed by atoms with Crippen molar-refractivity contribution < 1.29 is 9.90 Å². The molecule has 2 rings (SSSR count). The van der Waals surface area contributed by atoms with Crippen molar-refractivity contribution in [1.82, 2.24) is 4.57 Å². The van der Waals surface area contributed by atoms with Gasteiger partial charge in [0, 0.05) is 17.1 Å². The molecule has 4 heteroatoms. The van der Waals surface area contributed by atoms with Gasteiger partial charge in [-0.15, -0.1) is 0 Å². The Morgan fingerprint density at radius 3 is 2.79 bits per heavy atom. The first-order valence-electron chi connectivity index (χ1n) is 4.11. The second-order valence-corrected chi connectivity index (χ2v) is 3.64. The highest BCUT2D eigenvalue weighted by Crippen LogP contribution is 2.21. The number of hydrogen-bond acceptors (Lipinski definition) is 1. The summed E-state index contributed by atoms with van der Waals surface area (Å²) in [5.41, 5.74) is 1.34. The van der Waals surface area contributed by atoms with Crippen LogP contribution >= 0.6 is 22.6 Å². The summed E-state index contributed by atoms with van der Waals surface area (Å²) in [7, 11) is 0. The molecule has 0 saturated heterocycles. The van der Waals surface area contributed by atoms with Gasteiger partial charge >= 0.3 is 5.97 Å². The highest BCUT2D eigenvalue weighted by atomic mass is 127. The molecule has 0 aliphatic heterocycles. The Balaban J connectivity index is 2.80. The van der Waals surface area contributed by atoms with E-state index in [1.165, 1.54) is 0 Å². The third kappa shape index (κ3) is 1.39. The molecule has 0 fully saturated rings. The van der Waals surface area contributed by atoms with Gasteiger partial charge in [0.05, 0.1) is 10.1 Å². The van der Waals surface area contributed by atoms with Gasteiger partial charge in [0.15, 0.2) is 0 Å². The number of carboxylic acid groups (broad SMARTS) is 1. The van der Waals surface area contributed by atoms with E-state index in [9.17, 15) is 4.79 Å². The number of carboxylic acids is 1. The summed E-state index contributed by atoms with van der Waals surface area (Å²) in [4.78, 5) is 10.9. The van der Waals surface area contributed by atoms with Gasteiger partial charge in [-0.3, -0.25) is 0 Å². The van der Waals surface area contributed by atoms with E-state index < -0.39 is 5.97 Å². The minimum atomic E-state index is -0.871. The maximum atomic E-state index is 10.9. The molecule has 0 saturated carbocycles. The van der Waals surface area contributed by atoms with Gasteiger partial charge in [0.2, 0.25) is 0 Å².